The summed E-state index contributed by atoms with van der Waals surface area (Å²) in [6, 6.07) is 0.0584. The zero-order valence-corrected chi connectivity index (χ0v) is 8.23. The van der Waals surface area contributed by atoms with Gasteiger partial charge in [0.2, 0.25) is 0 Å². The van der Waals surface area contributed by atoms with Gasteiger partial charge in [-0.25, -0.2) is 0 Å². The molecule has 3 aliphatic rings. The third-order valence-electron chi connectivity index (χ3n) is 3.24. The van der Waals surface area contributed by atoms with E-state index >= 15 is 0 Å². The maximum absolute atomic E-state index is 11.6. The van der Waals surface area contributed by atoms with Crippen molar-refractivity contribution in [3.8, 4) is 0 Å². The predicted molar refractivity (Wildman–Crippen MR) is 45.5 cm³/mol. The van der Waals surface area contributed by atoms with Crippen LogP contribution in [0.5, 0.6) is 0 Å². The highest BCUT2D eigenvalue weighted by atomic mass is 16.7. The van der Waals surface area contributed by atoms with Gasteiger partial charge in [-0.2, -0.15) is 0 Å². The normalized spacial score (nSPS) is 50.3. The molecule has 3 aliphatic heterocycles. The number of morpholine rings is 1. The molecule has 0 aliphatic carbocycles. The molecule has 3 rings (SSSR count). The second-order valence-electron chi connectivity index (χ2n) is 4.21. The van der Waals surface area contributed by atoms with Gasteiger partial charge in [0.25, 0.3) is 5.91 Å². The minimum Gasteiger partial charge on any atom is -0.369 e. The SMILES string of the molecule is CO[C@H]1C(=O)N2C[C@]3(C)OC[C@@H](O3)[C@@H]12. The number of fused-ring (bicyclic) bond motifs is 4. The van der Waals surface area contributed by atoms with Crippen LogP contribution in [0.1, 0.15) is 6.92 Å². The molecule has 4 atom stereocenters. The first-order chi connectivity index (χ1) is 6.64. The Hall–Kier alpha value is -0.650. The van der Waals surface area contributed by atoms with Gasteiger partial charge in [-0.15, -0.1) is 0 Å². The number of carbonyl (C=O) groups is 1. The predicted octanol–water partition coefficient (Wildman–Crippen LogP) is -0.643. The number of carbonyl (C=O) groups excluding carboxylic acids is 1. The zero-order valence-electron chi connectivity index (χ0n) is 8.23. The molecule has 1 amide bonds. The lowest BCUT2D eigenvalue weighted by Crippen LogP contribution is -2.74. The highest BCUT2D eigenvalue weighted by molar-refractivity contribution is 5.89. The Kier molecular flexibility index (Phi) is 1.53. The smallest absolute Gasteiger partial charge is 0.254 e. The lowest BCUT2D eigenvalue weighted by atomic mass is 9.91. The Bertz CT molecular complexity index is 295. The standard InChI is InChI=1S/C9H13NO4/c1-9-4-10-6(5(14-9)3-13-9)7(12-2)8(10)11/h5-7H,3-4H2,1-2H3/t5-,6+,7-,9-/m1/s1. The first kappa shape index (κ1) is 8.64. The molecule has 3 heterocycles. The Labute approximate surface area is 81.9 Å². The largest absolute Gasteiger partial charge is 0.369 e. The fourth-order valence-electron chi connectivity index (χ4n) is 2.56. The van der Waals surface area contributed by atoms with Crippen molar-refractivity contribution in [2.24, 2.45) is 0 Å². The number of methoxy groups -OCH3 is 1. The zero-order chi connectivity index (χ0) is 9.92. The molecule has 5 heteroatoms. The third kappa shape index (κ3) is 0.872. The molecule has 0 aromatic carbocycles. The number of amides is 1. The quantitative estimate of drug-likeness (QED) is 0.527. The van der Waals surface area contributed by atoms with Crippen LogP contribution in [0.25, 0.3) is 0 Å². The van der Waals surface area contributed by atoms with Crippen LogP contribution in [0.2, 0.25) is 0 Å². The Morgan fingerprint density at radius 3 is 3.14 bits per heavy atom. The number of nitrogens with zero attached hydrogens (tertiary/aromatic N) is 1. The molecule has 0 saturated carbocycles. The molecule has 2 bridgehead atoms. The Morgan fingerprint density at radius 2 is 2.43 bits per heavy atom. The molecule has 0 aromatic rings. The molecule has 14 heavy (non-hydrogen) atoms. The molecular formula is C9H13NO4. The van der Waals surface area contributed by atoms with Gasteiger partial charge in [0, 0.05) is 7.11 Å². The van der Waals surface area contributed by atoms with Gasteiger partial charge in [0.1, 0.15) is 6.10 Å². The summed E-state index contributed by atoms with van der Waals surface area (Å²) in [6.45, 7) is 2.95. The lowest BCUT2D eigenvalue weighted by Gasteiger charge is -2.52. The first-order valence-electron chi connectivity index (χ1n) is 4.80. The highest BCUT2D eigenvalue weighted by Crippen LogP contribution is 2.40. The lowest BCUT2D eigenvalue weighted by molar-refractivity contribution is -0.244. The van der Waals surface area contributed by atoms with E-state index in [0.717, 1.165) is 0 Å². The summed E-state index contributed by atoms with van der Waals surface area (Å²) in [4.78, 5) is 13.4. The summed E-state index contributed by atoms with van der Waals surface area (Å²) in [5.41, 5.74) is 0. The number of rotatable bonds is 1. The van der Waals surface area contributed by atoms with Crippen LogP contribution >= 0.6 is 0 Å². The maximum Gasteiger partial charge on any atom is 0.254 e. The number of ether oxygens (including phenoxy) is 3. The van der Waals surface area contributed by atoms with Gasteiger partial charge in [0.15, 0.2) is 11.9 Å². The van der Waals surface area contributed by atoms with Crippen molar-refractivity contribution >= 4 is 5.91 Å². The van der Waals surface area contributed by atoms with Crippen molar-refractivity contribution < 1.29 is 19.0 Å². The van der Waals surface area contributed by atoms with Crippen LogP contribution in [-0.2, 0) is 19.0 Å². The van der Waals surface area contributed by atoms with E-state index < -0.39 is 5.79 Å². The van der Waals surface area contributed by atoms with Crippen molar-refractivity contribution in [2.45, 2.75) is 31.0 Å². The molecule has 0 unspecified atom stereocenters. The van der Waals surface area contributed by atoms with Gasteiger partial charge in [-0.3, -0.25) is 4.79 Å². The van der Waals surface area contributed by atoms with Crippen molar-refractivity contribution in [3.05, 3.63) is 0 Å². The minimum absolute atomic E-state index is 0.0172. The highest BCUT2D eigenvalue weighted by Gasteiger charge is 2.61. The van der Waals surface area contributed by atoms with Crippen LogP contribution < -0.4 is 0 Å². The molecular weight excluding hydrogens is 186 g/mol. The molecule has 78 valence electrons. The number of hydrogen-bond acceptors (Lipinski definition) is 4. The van der Waals surface area contributed by atoms with Crippen LogP contribution in [-0.4, -0.2) is 55.1 Å². The van der Waals surface area contributed by atoms with Crippen LogP contribution in [0.15, 0.2) is 0 Å². The van der Waals surface area contributed by atoms with Gasteiger partial charge in [0.05, 0.1) is 19.2 Å². The first-order valence-corrected chi connectivity index (χ1v) is 4.80. The van der Waals surface area contributed by atoms with Crippen molar-refractivity contribution in [1.82, 2.24) is 4.90 Å². The monoisotopic (exact) mass is 199 g/mol. The second-order valence-corrected chi connectivity index (χ2v) is 4.21. The molecule has 0 spiro atoms. The average molecular weight is 199 g/mol. The fourth-order valence-corrected chi connectivity index (χ4v) is 2.56. The summed E-state index contributed by atoms with van der Waals surface area (Å²) in [5, 5.41) is 0. The molecule has 5 nitrogen and oxygen atoms in total. The molecule has 0 N–H and O–H groups in total. The molecule has 0 radical (unpaired) electrons. The Morgan fingerprint density at radius 1 is 1.64 bits per heavy atom. The topological polar surface area (TPSA) is 48.0 Å². The van der Waals surface area contributed by atoms with E-state index in [1.807, 2.05) is 6.92 Å². The maximum atomic E-state index is 11.6. The third-order valence-corrected chi connectivity index (χ3v) is 3.24. The average Bonchev–Trinajstić information content (AvgIpc) is 2.48. The van der Waals surface area contributed by atoms with E-state index in [0.29, 0.717) is 13.2 Å². The number of β-lactam (4-membered cyclic amide) rings is 1. The van der Waals surface area contributed by atoms with E-state index in [-0.39, 0.29) is 24.2 Å². The van der Waals surface area contributed by atoms with Gasteiger partial charge < -0.3 is 19.1 Å². The van der Waals surface area contributed by atoms with Crippen molar-refractivity contribution in [1.29, 1.82) is 0 Å². The summed E-state index contributed by atoms with van der Waals surface area (Å²) >= 11 is 0. The van der Waals surface area contributed by atoms with E-state index in [2.05, 4.69) is 0 Å². The summed E-state index contributed by atoms with van der Waals surface area (Å²) in [5.74, 6) is -0.530. The van der Waals surface area contributed by atoms with Crippen LogP contribution in [0, 0.1) is 0 Å². The molecule has 3 saturated heterocycles. The van der Waals surface area contributed by atoms with E-state index in [9.17, 15) is 4.79 Å². The fraction of sp³-hybridized carbons (Fsp3) is 0.889. The summed E-state index contributed by atoms with van der Waals surface area (Å²) in [6.07, 6.45) is -0.345. The number of hydrogen-bond donors (Lipinski definition) is 0. The molecule has 3 fully saturated rings. The van der Waals surface area contributed by atoms with Gasteiger partial charge in [-0.1, -0.05) is 0 Å². The molecule has 0 aromatic heterocycles. The van der Waals surface area contributed by atoms with Crippen LogP contribution in [0.4, 0.5) is 0 Å². The van der Waals surface area contributed by atoms with Crippen molar-refractivity contribution in [3.63, 3.8) is 0 Å². The summed E-state index contributed by atoms with van der Waals surface area (Å²) < 4.78 is 16.3. The van der Waals surface area contributed by atoms with Gasteiger partial charge >= 0.3 is 0 Å². The summed E-state index contributed by atoms with van der Waals surface area (Å²) in [7, 11) is 1.56. The van der Waals surface area contributed by atoms with Crippen LogP contribution in [0.3, 0.4) is 0 Å². The van der Waals surface area contributed by atoms with E-state index in [4.69, 9.17) is 14.2 Å². The van der Waals surface area contributed by atoms with E-state index in [1.54, 1.807) is 12.0 Å². The minimum atomic E-state index is -0.588. The second kappa shape index (κ2) is 2.48. The van der Waals surface area contributed by atoms with Gasteiger partial charge in [-0.05, 0) is 6.92 Å². The van der Waals surface area contributed by atoms with E-state index in [1.165, 1.54) is 0 Å². The Balaban J connectivity index is 1.87. The van der Waals surface area contributed by atoms with Crippen molar-refractivity contribution in [2.75, 3.05) is 20.3 Å².